The molecule has 1 saturated heterocycles. The smallest absolute Gasteiger partial charge is 0.0252 e. The predicted molar refractivity (Wildman–Crippen MR) is 51.3 cm³/mol. The molecule has 2 aliphatic rings. The van der Waals surface area contributed by atoms with E-state index in [0.29, 0.717) is 5.54 Å². The Kier molecular flexibility index (Phi) is 2.13. The van der Waals surface area contributed by atoms with Gasteiger partial charge in [-0.15, -0.1) is 0 Å². The van der Waals surface area contributed by atoms with Gasteiger partial charge in [0.1, 0.15) is 0 Å². The minimum absolute atomic E-state index is 0.304. The molecule has 2 atom stereocenters. The molecule has 1 aliphatic heterocycles. The van der Waals surface area contributed by atoms with Crippen molar-refractivity contribution in [1.82, 2.24) is 10.6 Å². The molecule has 2 rings (SSSR count). The SMILES string of the molecule is CC1(C)CN[C@@H]2CCCCC2N1. The van der Waals surface area contributed by atoms with Crippen LogP contribution in [0.3, 0.4) is 0 Å². The molecule has 12 heavy (non-hydrogen) atoms. The molecule has 1 aliphatic carbocycles. The van der Waals surface area contributed by atoms with Crippen molar-refractivity contribution in [3.05, 3.63) is 0 Å². The van der Waals surface area contributed by atoms with Gasteiger partial charge in [0, 0.05) is 24.2 Å². The van der Waals surface area contributed by atoms with Crippen molar-refractivity contribution in [3.63, 3.8) is 0 Å². The lowest BCUT2D eigenvalue weighted by Gasteiger charge is -2.45. The first-order valence-corrected chi connectivity index (χ1v) is 5.18. The molecule has 2 fully saturated rings. The Hall–Kier alpha value is -0.0800. The molecule has 0 radical (unpaired) electrons. The largest absolute Gasteiger partial charge is 0.311 e. The highest BCUT2D eigenvalue weighted by molar-refractivity contribution is 4.98. The van der Waals surface area contributed by atoms with E-state index in [1.54, 1.807) is 0 Å². The van der Waals surface area contributed by atoms with Crippen LogP contribution < -0.4 is 10.6 Å². The molecule has 1 saturated carbocycles. The van der Waals surface area contributed by atoms with Crippen molar-refractivity contribution in [1.29, 1.82) is 0 Å². The fraction of sp³-hybridized carbons (Fsp3) is 1.00. The van der Waals surface area contributed by atoms with Crippen LogP contribution in [0.4, 0.5) is 0 Å². The summed E-state index contributed by atoms with van der Waals surface area (Å²) in [5, 5.41) is 7.38. The van der Waals surface area contributed by atoms with Gasteiger partial charge < -0.3 is 10.6 Å². The van der Waals surface area contributed by atoms with Crippen LogP contribution in [0.2, 0.25) is 0 Å². The lowest BCUT2D eigenvalue weighted by molar-refractivity contribution is 0.169. The molecular formula is C10H20N2. The highest BCUT2D eigenvalue weighted by Crippen LogP contribution is 2.23. The van der Waals surface area contributed by atoms with E-state index < -0.39 is 0 Å². The van der Waals surface area contributed by atoms with E-state index in [9.17, 15) is 0 Å². The first kappa shape index (κ1) is 8.52. The van der Waals surface area contributed by atoms with Crippen molar-refractivity contribution in [2.75, 3.05) is 6.54 Å². The van der Waals surface area contributed by atoms with Gasteiger partial charge in [0.2, 0.25) is 0 Å². The third kappa shape index (κ3) is 1.64. The van der Waals surface area contributed by atoms with Crippen LogP contribution in [-0.2, 0) is 0 Å². The molecule has 1 unspecified atom stereocenters. The van der Waals surface area contributed by atoms with Crippen LogP contribution in [0.5, 0.6) is 0 Å². The van der Waals surface area contributed by atoms with Gasteiger partial charge in [-0.3, -0.25) is 0 Å². The first-order chi connectivity index (χ1) is 5.67. The average molecular weight is 168 g/mol. The standard InChI is InChI=1S/C10H20N2/c1-10(2)7-11-8-5-3-4-6-9(8)12-10/h8-9,11-12H,3-7H2,1-2H3/t8-,9?/m1/s1. The molecule has 1 heterocycles. The molecule has 2 heteroatoms. The van der Waals surface area contributed by atoms with Crippen molar-refractivity contribution in [2.24, 2.45) is 0 Å². The molecule has 0 spiro atoms. The quantitative estimate of drug-likeness (QED) is 0.569. The maximum atomic E-state index is 3.73. The van der Waals surface area contributed by atoms with E-state index in [1.165, 1.54) is 25.7 Å². The molecular weight excluding hydrogens is 148 g/mol. The van der Waals surface area contributed by atoms with Gasteiger partial charge in [-0.05, 0) is 26.7 Å². The zero-order chi connectivity index (χ0) is 8.60. The number of nitrogens with one attached hydrogen (secondary N) is 2. The Morgan fingerprint density at radius 2 is 1.75 bits per heavy atom. The third-order valence-electron chi connectivity index (χ3n) is 3.15. The van der Waals surface area contributed by atoms with Gasteiger partial charge in [-0.2, -0.15) is 0 Å². The minimum atomic E-state index is 0.304. The Morgan fingerprint density at radius 1 is 1.08 bits per heavy atom. The molecule has 70 valence electrons. The lowest BCUT2D eigenvalue weighted by Crippen LogP contribution is -2.66. The summed E-state index contributed by atoms with van der Waals surface area (Å²) in [4.78, 5) is 0. The summed E-state index contributed by atoms with van der Waals surface area (Å²) in [6.45, 7) is 5.68. The van der Waals surface area contributed by atoms with Crippen LogP contribution in [-0.4, -0.2) is 24.2 Å². The monoisotopic (exact) mass is 168 g/mol. The van der Waals surface area contributed by atoms with E-state index in [-0.39, 0.29) is 0 Å². The number of hydrogen-bond donors (Lipinski definition) is 2. The first-order valence-electron chi connectivity index (χ1n) is 5.18. The fourth-order valence-corrected chi connectivity index (χ4v) is 2.49. The zero-order valence-electron chi connectivity index (χ0n) is 8.19. The van der Waals surface area contributed by atoms with Crippen molar-refractivity contribution in [2.45, 2.75) is 57.2 Å². The Labute approximate surface area is 75.1 Å². The van der Waals surface area contributed by atoms with E-state index in [2.05, 4.69) is 24.5 Å². The predicted octanol–water partition coefficient (Wildman–Crippen LogP) is 1.27. The molecule has 0 aromatic carbocycles. The van der Waals surface area contributed by atoms with Crippen LogP contribution in [0.1, 0.15) is 39.5 Å². The Bertz CT molecular complexity index is 165. The normalized spacial score (nSPS) is 40.5. The number of fused-ring (bicyclic) bond motifs is 1. The molecule has 2 N–H and O–H groups in total. The van der Waals surface area contributed by atoms with Gasteiger partial charge in [0.15, 0.2) is 0 Å². The number of piperazine rings is 1. The molecule has 0 bridgehead atoms. The summed E-state index contributed by atoms with van der Waals surface area (Å²) in [5.41, 5.74) is 0.304. The van der Waals surface area contributed by atoms with E-state index in [1.807, 2.05) is 0 Å². The van der Waals surface area contributed by atoms with Gasteiger partial charge in [0.25, 0.3) is 0 Å². The Balaban J connectivity index is 1.99. The van der Waals surface area contributed by atoms with Crippen LogP contribution in [0, 0.1) is 0 Å². The maximum Gasteiger partial charge on any atom is 0.0252 e. The molecule has 0 aromatic rings. The Morgan fingerprint density at radius 3 is 2.50 bits per heavy atom. The highest BCUT2D eigenvalue weighted by atomic mass is 15.1. The summed E-state index contributed by atoms with van der Waals surface area (Å²) in [6.07, 6.45) is 5.55. The average Bonchev–Trinajstić information content (AvgIpc) is 2.02. The number of rotatable bonds is 0. The second kappa shape index (κ2) is 3.00. The maximum absolute atomic E-state index is 3.73. The molecule has 0 amide bonds. The number of hydrogen-bond acceptors (Lipinski definition) is 2. The highest BCUT2D eigenvalue weighted by Gasteiger charge is 2.34. The van der Waals surface area contributed by atoms with Crippen LogP contribution >= 0.6 is 0 Å². The van der Waals surface area contributed by atoms with Crippen LogP contribution in [0.25, 0.3) is 0 Å². The van der Waals surface area contributed by atoms with Gasteiger partial charge in [-0.25, -0.2) is 0 Å². The molecule has 0 aromatic heterocycles. The van der Waals surface area contributed by atoms with Crippen molar-refractivity contribution < 1.29 is 0 Å². The van der Waals surface area contributed by atoms with Gasteiger partial charge in [0.05, 0.1) is 0 Å². The second-order valence-corrected chi connectivity index (χ2v) is 4.91. The van der Waals surface area contributed by atoms with E-state index in [4.69, 9.17) is 0 Å². The second-order valence-electron chi connectivity index (χ2n) is 4.91. The summed E-state index contributed by atoms with van der Waals surface area (Å²) >= 11 is 0. The molecule has 2 nitrogen and oxygen atoms in total. The summed E-state index contributed by atoms with van der Waals surface area (Å²) in [7, 11) is 0. The van der Waals surface area contributed by atoms with Crippen molar-refractivity contribution in [3.8, 4) is 0 Å². The van der Waals surface area contributed by atoms with E-state index in [0.717, 1.165) is 18.6 Å². The fourth-order valence-electron chi connectivity index (χ4n) is 2.49. The van der Waals surface area contributed by atoms with Crippen molar-refractivity contribution >= 4 is 0 Å². The topological polar surface area (TPSA) is 24.1 Å². The van der Waals surface area contributed by atoms with E-state index >= 15 is 0 Å². The minimum Gasteiger partial charge on any atom is -0.311 e. The van der Waals surface area contributed by atoms with Gasteiger partial charge >= 0.3 is 0 Å². The zero-order valence-corrected chi connectivity index (χ0v) is 8.19. The lowest BCUT2D eigenvalue weighted by atomic mass is 9.85. The van der Waals surface area contributed by atoms with Gasteiger partial charge in [-0.1, -0.05) is 12.8 Å². The third-order valence-corrected chi connectivity index (χ3v) is 3.15. The van der Waals surface area contributed by atoms with Crippen LogP contribution in [0.15, 0.2) is 0 Å². The summed E-state index contributed by atoms with van der Waals surface area (Å²) in [6, 6.07) is 1.49. The summed E-state index contributed by atoms with van der Waals surface area (Å²) in [5.74, 6) is 0. The summed E-state index contributed by atoms with van der Waals surface area (Å²) < 4.78 is 0.